The number of carbonyl (C=O) groups excluding carboxylic acids is 2. The Morgan fingerprint density at radius 2 is 1.78 bits per heavy atom. The van der Waals surface area contributed by atoms with Crippen molar-refractivity contribution in [3.8, 4) is 5.75 Å². The first-order valence-corrected chi connectivity index (χ1v) is 9.17. The van der Waals surface area contributed by atoms with E-state index in [1.165, 1.54) is 5.56 Å². The van der Waals surface area contributed by atoms with Crippen LogP contribution in [-0.4, -0.2) is 25.1 Å². The summed E-state index contributed by atoms with van der Waals surface area (Å²) in [5.74, 6) is 0.958. The van der Waals surface area contributed by atoms with Crippen molar-refractivity contribution in [1.82, 2.24) is 5.32 Å². The Kier molecular flexibility index (Phi) is 5.96. The van der Waals surface area contributed by atoms with Gasteiger partial charge in [0.2, 0.25) is 5.91 Å². The monoisotopic (exact) mass is 367 g/mol. The van der Waals surface area contributed by atoms with E-state index >= 15 is 0 Å². The van der Waals surface area contributed by atoms with Gasteiger partial charge in [0, 0.05) is 17.3 Å². The van der Waals surface area contributed by atoms with E-state index in [0.29, 0.717) is 24.5 Å². The highest BCUT2D eigenvalue weighted by molar-refractivity contribution is 5.96. The van der Waals surface area contributed by atoms with E-state index < -0.39 is 0 Å². The molecule has 3 rings (SSSR count). The second kappa shape index (κ2) is 8.58. The number of hydrogen-bond donors (Lipinski definition) is 3. The van der Waals surface area contributed by atoms with Crippen LogP contribution in [0, 0.1) is 19.8 Å². The quantitative estimate of drug-likeness (QED) is 0.650. The van der Waals surface area contributed by atoms with Crippen molar-refractivity contribution < 1.29 is 14.3 Å². The van der Waals surface area contributed by atoms with Gasteiger partial charge in [-0.1, -0.05) is 23.8 Å². The van der Waals surface area contributed by atoms with Gasteiger partial charge in [-0.2, -0.15) is 0 Å². The number of nitrogens with one attached hydrogen (secondary N) is 3. The number of ether oxygens (including phenoxy) is 1. The summed E-state index contributed by atoms with van der Waals surface area (Å²) < 4.78 is 5.59. The van der Waals surface area contributed by atoms with Crippen molar-refractivity contribution in [3.63, 3.8) is 0 Å². The molecule has 6 heteroatoms. The fourth-order valence-corrected chi connectivity index (χ4v) is 2.56. The molecule has 1 fully saturated rings. The summed E-state index contributed by atoms with van der Waals surface area (Å²) in [5.41, 5.74) is 3.45. The Labute approximate surface area is 159 Å². The topological polar surface area (TPSA) is 79.5 Å². The van der Waals surface area contributed by atoms with Gasteiger partial charge in [-0.15, -0.1) is 0 Å². The predicted molar refractivity (Wildman–Crippen MR) is 106 cm³/mol. The summed E-state index contributed by atoms with van der Waals surface area (Å²) >= 11 is 0. The van der Waals surface area contributed by atoms with E-state index in [4.69, 9.17) is 4.74 Å². The molecule has 0 aromatic heterocycles. The number of hydrogen-bond acceptors (Lipinski definition) is 3. The molecule has 1 aliphatic carbocycles. The fourth-order valence-electron chi connectivity index (χ4n) is 2.56. The van der Waals surface area contributed by atoms with E-state index in [1.807, 2.05) is 50.2 Å². The Morgan fingerprint density at radius 3 is 2.48 bits per heavy atom. The summed E-state index contributed by atoms with van der Waals surface area (Å²) in [4.78, 5) is 24.0. The van der Waals surface area contributed by atoms with Crippen LogP contribution in [0.2, 0.25) is 0 Å². The van der Waals surface area contributed by atoms with Gasteiger partial charge in [0.1, 0.15) is 12.4 Å². The smallest absolute Gasteiger partial charge is 0.319 e. The van der Waals surface area contributed by atoms with Crippen molar-refractivity contribution in [2.75, 3.05) is 23.8 Å². The molecule has 2 aromatic carbocycles. The third-order valence-corrected chi connectivity index (χ3v) is 4.38. The predicted octanol–water partition coefficient (Wildman–Crippen LogP) is 3.85. The summed E-state index contributed by atoms with van der Waals surface area (Å²) in [5, 5.41) is 8.47. The molecular formula is C21H25N3O3. The zero-order valence-corrected chi connectivity index (χ0v) is 15.7. The minimum atomic E-state index is -0.309. The molecule has 6 nitrogen and oxygen atoms in total. The number of rotatable bonds is 7. The first-order chi connectivity index (χ1) is 13.0. The van der Waals surface area contributed by atoms with Crippen molar-refractivity contribution in [3.05, 3.63) is 53.6 Å². The maximum absolute atomic E-state index is 12.1. The molecule has 0 radical (unpaired) electrons. The number of benzene rings is 2. The molecule has 0 atom stereocenters. The summed E-state index contributed by atoms with van der Waals surface area (Å²) in [6.07, 6.45) is 1.91. The van der Waals surface area contributed by atoms with E-state index in [0.717, 1.165) is 24.2 Å². The maximum atomic E-state index is 12.1. The van der Waals surface area contributed by atoms with Crippen LogP contribution in [-0.2, 0) is 4.79 Å². The lowest BCUT2D eigenvalue weighted by molar-refractivity contribution is -0.117. The highest BCUT2D eigenvalue weighted by Gasteiger charge is 2.29. The summed E-state index contributed by atoms with van der Waals surface area (Å²) in [6, 6.07) is 12.9. The SMILES string of the molecule is Cc1ccc(OCCNC(=O)Nc2cc(NC(=O)C3CC3)ccc2C)cc1. The second-order valence-corrected chi connectivity index (χ2v) is 6.84. The minimum absolute atomic E-state index is 0.0440. The van der Waals surface area contributed by atoms with E-state index in [-0.39, 0.29) is 17.9 Å². The molecule has 0 heterocycles. The zero-order valence-electron chi connectivity index (χ0n) is 15.7. The molecule has 3 amide bonds. The van der Waals surface area contributed by atoms with Crippen molar-refractivity contribution in [2.24, 2.45) is 5.92 Å². The van der Waals surface area contributed by atoms with Crippen LogP contribution in [0.15, 0.2) is 42.5 Å². The van der Waals surface area contributed by atoms with Gasteiger partial charge in [0.15, 0.2) is 0 Å². The first kappa shape index (κ1) is 18.8. The summed E-state index contributed by atoms with van der Waals surface area (Å²) in [7, 11) is 0. The largest absolute Gasteiger partial charge is 0.492 e. The van der Waals surface area contributed by atoms with Crippen LogP contribution in [0.4, 0.5) is 16.2 Å². The van der Waals surface area contributed by atoms with Gasteiger partial charge < -0.3 is 20.7 Å². The van der Waals surface area contributed by atoms with Crippen molar-refractivity contribution in [1.29, 1.82) is 0 Å². The van der Waals surface area contributed by atoms with Crippen LogP contribution in [0.5, 0.6) is 5.75 Å². The van der Waals surface area contributed by atoms with Gasteiger partial charge in [0.25, 0.3) is 0 Å². The fraction of sp³-hybridized carbons (Fsp3) is 0.333. The van der Waals surface area contributed by atoms with Gasteiger partial charge >= 0.3 is 6.03 Å². The van der Waals surface area contributed by atoms with Gasteiger partial charge in [-0.05, 0) is 56.5 Å². The molecule has 0 saturated heterocycles. The van der Waals surface area contributed by atoms with Crippen LogP contribution in [0.3, 0.4) is 0 Å². The Bertz CT molecular complexity index is 814. The molecule has 1 aliphatic rings. The number of anilines is 2. The van der Waals surface area contributed by atoms with E-state index in [1.54, 1.807) is 6.07 Å². The normalized spacial score (nSPS) is 13.0. The van der Waals surface area contributed by atoms with Crippen LogP contribution in [0.25, 0.3) is 0 Å². The summed E-state index contributed by atoms with van der Waals surface area (Å²) in [6.45, 7) is 4.69. The molecule has 0 aliphatic heterocycles. The molecule has 0 unspecified atom stereocenters. The minimum Gasteiger partial charge on any atom is -0.492 e. The van der Waals surface area contributed by atoms with Gasteiger partial charge in [0.05, 0.1) is 6.54 Å². The van der Waals surface area contributed by atoms with Crippen molar-refractivity contribution >= 4 is 23.3 Å². The maximum Gasteiger partial charge on any atom is 0.319 e. The molecule has 27 heavy (non-hydrogen) atoms. The third kappa shape index (κ3) is 5.74. The second-order valence-electron chi connectivity index (χ2n) is 6.84. The highest BCUT2D eigenvalue weighted by Crippen LogP contribution is 2.30. The average molecular weight is 367 g/mol. The number of amides is 3. The molecule has 0 bridgehead atoms. The molecule has 2 aromatic rings. The zero-order chi connectivity index (χ0) is 19.2. The number of carbonyl (C=O) groups is 2. The molecule has 0 spiro atoms. The van der Waals surface area contributed by atoms with Gasteiger partial charge in [-0.3, -0.25) is 4.79 Å². The lowest BCUT2D eigenvalue weighted by Gasteiger charge is -2.13. The Morgan fingerprint density at radius 1 is 1.04 bits per heavy atom. The number of urea groups is 1. The van der Waals surface area contributed by atoms with E-state index in [2.05, 4.69) is 16.0 Å². The first-order valence-electron chi connectivity index (χ1n) is 9.17. The lowest BCUT2D eigenvalue weighted by Crippen LogP contribution is -2.32. The Hall–Kier alpha value is -3.02. The van der Waals surface area contributed by atoms with E-state index in [9.17, 15) is 9.59 Å². The van der Waals surface area contributed by atoms with Crippen LogP contribution in [0.1, 0.15) is 24.0 Å². The highest BCUT2D eigenvalue weighted by atomic mass is 16.5. The molecule has 142 valence electrons. The Balaban J connectivity index is 1.45. The third-order valence-electron chi connectivity index (χ3n) is 4.38. The molecule has 3 N–H and O–H groups in total. The standard InChI is InChI=1S/C21H25N3O3/c1-14-3-9-18(10-4-14)27-12-11-22-21(26)24-19-13-17(8-5-15(19)2)23-20(25)16-6-7-16/h3-5,8-10,13,16H,6-7,11-12H2,1-2H3,(H,23,25)(H2,22,24,26). The molecular weight excluding hydrogens is 342 g/mol. The molecule has 1 saturated carbocycles. The van der Waals surface area contributed by atoms with Crippen LogP contribution >= 0.6 is 0 Å². The number of aryl methyl sites for hydroxylation is 2. The van der Waals surface area contributed by atoms with Gasteiger partial charge in [-0.25, -0.2) is 4.79 Å². The lowest BCUT2D eigenvalue weighted by atomic mass is 10.1. The van der Waals surface area contributed by atoms with Crippen molar-refractivity contribution in [2.45, 2.75) is 26.7 Å². The van der Waals surface area contributed by atoms with Crippen LogP contribution < -0.4 is 20.7 Å². The average Bonchev–Trinajstić information content (AvgIpc) is 3.48.